The summed E-state index contributed by atoms with van der Waals surface area (Å²) in [7, 11) is 0. The molecule has 3 aliphatic heterocycles. The van der Waals surface area contributed by atoms with Crippen LogP contribution >= 0.6 is 0 Å². The summed E-state index contributed by atoms with van der Waals surface area (Å²) in [6.07, 6.45) is 10.9. The summed E-state index contributed by atoms with van der Waals surface area (Å²) < 4.78 is 6.22. The molecular formula is C27H32N4O2. The molecule has 1 fully saturated rings. The Kier molecular flexibility index (Phi) is 5.49. The third kappa shape index (κ3) is 4.15. The van der Waals surface area contributed by atoms with E-state index in [1.54, 1.807) is 11.0 Å². The zero-order chi connectivity index (χ0) is 23.3. The largest absolute Gasteiger partial charge is 0.455 e. The lowest BCUT2D eigenvalue weighted by Crippen LogP contribution is -2.53. The molecule has 3 aliphatic rings. The van der Waals surface area contributed by atoms with Gasteiger partial charge in [0.25, 0.3) is 5.91 Å². The lowest BCUT2D eigenvalue weighted by molar-refractivity contribution is -0.122. The molecule has 172 valence electrons. The second-order valence-electron chi connectivity index (χ2n) is 9.71. The van der Waals surface area contributed by atoms with Crippen molar-refractivity contribution in [2.45, 2.75) is 53.1 Å². The van der Waals surface area contributed by atoms with Crippen LogP contribution < -0.4 is 5.32 Å². The monoisotopic (exact) mass is 444 g/mol. The highest BCUT2D eigenvalue weighted by Crippen LogP contribution is 2.35. The molecule has 1 amide bonds. The number of rotatable bonds is 2. The Bertz CT molecular complexity index is 1220. The maximum absolute atomic E-state index is 13.5. The lowest BCUT2D eigenvalue weighted by Gasteiger charge is -2.39. The molecule has 6 nitrogen and oxygen atoms in total. The average molecular weight is 445 g/mol. The number of carbonyl (C=O) groups is 1. The molecule has 1 saturated heterocycles. The Morgan fingerprint density at radius 1 is 1.06 bits per heavy atom. The van der Waals surface area contributed by atoms with Crippen molar-refractivity contribution < 1.29 is 9.21 Å². The van der Waals surface area contributed by atoms with E-state index in [-0.39, 0.29) is 11.8 Å². The molecule has 0 bridgehead atoms. The van der Waals surface area contributed by atoms with Gasteiger partial charge in [0, 0.05) is 59.8 Å². The van der Waals surface area contributed by atoms with Crippen molar-refractivity contribution in [2.24, 2.45) is 5.92 Å². The lowest BCUT2D eigenvalue weighted by atomic mass is 9.92. The minimum absolute atomic E-state index is 0.0487. The molecule has 3 unspecified atom stereocenters. The Labute approximate surface area is 195 Å². The van der Waals surface area contributed by atoms with Gasteiger partial charge in [-0.25, -0.2) is 0 Å². The highest BCUT2D eigenvalue weighted by molar-refractivity contribution is 5.98. The summed E-state index contributed by atoms with van der Waals surface area (Å²) in [6, 6.07) is 4.89. The number of pyridine rings is 1. The van der Waals surface area contributed by atoms with E-state index in [0.717, 1.165) is 64.6 Å². The van der Waals surface area contributed by atoms with Crippen molar-refractivity contribution in [3.63, 3.8) is 0 Å². The molecule has 6 heteroatoms. The van der Waals surface area contributed by atoms with Gasteiger partial charge in [0.15, 0.2) is 5.58 Å². The number of furan rings is 1. The number of allylic oxidation sites excluding steroid dienone is 4. The van der Waals surface area contributed by atoms with E-state index in [4.69, 9.17) is 4.42 Å². The molecule has 0 aliphatic carbocycles. The van der Waals surface area contributed by atoms with Crippen molar-refractivity contribution in [1.29, 1.82) is 0 Å². The van der Waals surface area contributed by atoms with Crippen LogP contribution in [0, 0.1) is 19.8 Å². The van der Waals surface area contributed by atoms with Crippen LogP contribution in [0.4, 0.5) is 0 Å². The first kappa shape index (κ1) is 21.7. The molecule has 2 aromatic rings. The highest BCUT2D eigenvalue weighted by Gasteiger charge is 2.27. The zero-order valence-electron chi connectivity index (χ0n) is 20.1. The van der Waals surface area contributed by atoms with Gasteiger partial charge in [0.2, 0.25) is 0 Å². The molecule has 0 spiro atoms. The third-order valence-electron chi connectivity index (χ3n) is 6.70. The van der Waals surface area contributed by atoms with Crippen LogP contribution in [0.3, 0.4) is 0 Å². The maximum atomic E-state index is 13.5. The van der Waals surface area contributed by atoms with E-state index < -0.39 is 0 Å². The van der Waals surface area contributed by atoms with Crippen LogP contribution in [-0.4, -0.2) is 45.9 Å². The second kappa shape index (κ2) is 8.34. The highest BCUT2D eigenvalue weighted by atomic mass is 16.3. The zero-order valence-corrected chi connectivity index (χ0v) is 20.1. The van der Waals surface area contributed by atoms with E-state index >= 15 is 0 Å². The molecule has 2 aromatic heterocycles. The number of nitrogens with one attached hydrogen (secondary N) is 1. The Balaban J connectivity index is 1.49. The van der Waals surface area contributed by atoms with Gasteiger partial charge in [-0.05, 0) is 64.3 Å². The normalized spacial score (nSPS) is 25.9. The van der Waals surface area contributed by atoms with Crippen molar-refractivity contribution >= 4 is 22.4 Å². The van der Waals surface area contributed by atoms with Gasteiger partial charge < -0.3 is 14.6 Å². The van der Waals surface area contributed by atoms with E-state index in [0.29, 0.717) is 12.1 Å². The van der Waals surface area contributed by atoms with Crippen LogP contribution in [0.5, 0.6) is 0 Å². The molecule has 0 aromatic carbocycles. The van der Waals surface area contributed by atoms with Crippen molar-refractivity contribution in [1.82, 2.24) is 20.1 Å². The number of aromatic nitrogens is 1. The summed E-state index contributed by atoms with van der Waals surface area (Å²) in [5, 5.41) is 4.60. The molecular weight excluding hydrogens is 412 g/mol. The molecule has 5 heterocycles. The van der Waals surface area contributed by atoms with Gasteiger partial charge in [-0.2, -0.15) is 0 Å². The predicted octanol–water partition coefficient (Wildman–Crippen LogP) is 4.67. The fourth-order valence-electron chi connectivity index (χ4n) is 5.18. The van der Waals surface area contributed by atoms with Gasteiger partial charge in [-0.15, -0.1) is 0 Å². The van der Waals surface area contributed by atoms with Crippen LogP contribution in [-0.2, 0) is 4.79 Å². The van der Waals surface area contributed by atoms with Gasteiger partial charge in [0.1, 0.15) is 5.76 Å². The fourth-order valence-corrected chi connectivity index (χ4v) is 5.18. The van der Waals surface area contributed by atoms with E-state index in [1.807, 2.05) is 32.2 Å². The minimum atomic E-state index is -0.0487. The fraction of sp³-hybridized carbons (Fsp3) is 0.407. The Morgan fingerprint density at radius 3 is 2.55 bits per heavy atom. The van der Waals surface area contributed by atoms with Crippen molar-refractivity contribution in [2.75, 3.05) is 13.1 Å². The molecule has 5 rings (SSSR count). The average Bonchev–Trinajstić information content (AvgIpc) is 3.18. The number of amides is 1. The smallest absolute Gasteiger partial charge is 0.255 e. The van der Waals surface area contributed by atoms with Gasteiger partial charge in [-0.3, -0.25) is 14.7 Å². The van der Waals surface area contributed by atoms with E-state index in [9.17, 15) is 4.79 Å². The standard InChI is InChI=1S/C27H32N4O2/c1-16-6-7-22-8-9-23(30-13-18(3)28-19(4)14-30)15-31(22)26(32)12-24(16)25-11-21-10-17(2)29-20(5)27(21)33-25/h7-12,15-16,18-19,28H,6,13-14H2,1-5H3. The maximum Gasteiger partial charge on any atom is 0.255 e. The number of hydrogen-bond donors (Lipinski definition) is 1. The first-order valence-corrected chi connectivity index (χ1v) is 11.8. The number of aryl methyl sites for hydroxylation is 2. The summed E-state index contributed by atoms with van der Waals surface area (Å²) in [6.45, 7) is 12.3. The first-order chi connectivity index (χ1) is 15.8. The first-order valence-electron chi connectivity index (χ1n) is 11.8. The topological polar surface area (TPSA) is 61.6 Å². The molecule has 0 radical (unpaired) electrons. The third-order valence-corrected chi connectivity index (χ3v) is 6.70. The number of fused-ring (bicyclic) bond motifs is 2. The van der Waals surface area contributed by atoms with Crippen molar-refractivity contribution in [3.05, 3.63) is 71.2 Å². The van der Waals surface area contributed by atoms with Gasteiger partial charge >= 0.3 is 0 Å². The number of piperazine rings is 1. The SMILES string of the molecule is Cc1cc2cc(C3=CC(=O)N4C=C(N5CC(C)NC(C)C5)C=CC4=CCC3C)oc2c(C)n1. The second-order valence-corrected chi connectivity index (χ2v) is 9.71. The predicted molar refractivity (Wildman–Crippen MR) is 131 cm³/mol. The quantitative estimate of drug-likeness (QED) is 0.729. The summed E-state index contributed by atoms with van der Waals surface area (Å²) in [4.78, 5) is 22.1. The summed E-state index contributed by atoms with van der Waals surface area (Å²) >= 11 is 0. The summed E-state index contributed by atoms with van der Waals surface area (Å²) in [5.41, 5.74) is 5.56. The number of hydrogen-bond acceptors (Lipinski definition) is 5. The molecule has 3 atom stereocenters. The number of nitrogens with zero attached hydrogens (tertiary/aromatic N) is 3. The molecule has 0 saturated carbocycles. The summed E-state index contributed by atoms with van der Waals surface area (Å²) in [5.74, 6) is 0.860. The Hall–Kier alpha value is -3.12. The van der Waals surface area contributed by atoms with Gasteiger partial charge in [-0.1, -0.05) is 13.0 Å². The van der Waals surface area contributed by atoms with Crippen LogP contribution in [0.15, 0.2) is 58.4 Å². The van der Waals surface area contributed by atoms with Crippen molar-refractivity contribution in [3.8, 4) is 0 Å². The van der Waals surface area contributed by atoms with Gasteiger partial charge in [0.05, 0.1) is 11.4 Å². The van der Waals surface area contributed by atoms with E-state index in [1.165, 1.54) is 0 Å². The van der Waals surface area contributed by atoms with Crippen LogP contribution in [0.2, 0.25) is 0 Å². The Morgan fingerprint density at radius 2 is 1.79 bits per heavy atom. The van der Waals surface area contributed by atoms with E-state index in [2.05, 4.69) is 54.2 Å². The van der Waals surface area contributed by atoms with Crippen LogP contribution in [0.25, 0.3) is 16.5 Å². The molecule has 33 heavy (non-hydrogen) atoms. The van der Waals surface area contributed by atoms with Crippen LogP contribution in [0.1, 0.15) is 44.3 Å². The minimum Gasteiger partial charge on any atom is -0.455 e. The molecule has 1 N–H and O–H groups in total. The number of carbonyl (C=O) groups excluding carboxylic acids is 1.